The molecule has 6 heteroatoms. The summed E-state index contributed by atoms with van der Waals surface area (Å²) in [6.07, 6.45) is 3.98. The van der Waals surface area contributed by atoms with Gasteiger partial charge in [-0.25, -0.2) is 8.42 Å². The molecule has 0 N–H and O–H groups in total. The predicted octanol–water partition coefficient (Wildman–Crippen LogP) is 3.68. The summed E-state index contributed by atoms with van der Waals surface area (Å²) in [7, 11) is -2.97. The number of allylic oxidation sites excluding steroid dienone is 1. The van der Waals surface area contributed by atoms with Crippen LogP contribution in [0, 0.1) is 34.6 Å². The Morgan fingerprint density at radius 3 is 2.41 bits per heavy atom. The van der Waals surface area contributed by atoms with Crippen molar-refractivity contribution < 1.29 is 13.2 Å². The van der Waals surface area contributed by atoms with Gasteiger partial charge in [0.15, 0.2) is 15.6 Å². The van der Waals surface area contributed by atoms with Gasteiger partial charge < -0.3 is 0 Å². The molecule has 0 aliphatic carbocycles. The van der Waals surface area contributed by atoms with Gasteiger partial charge in [-0.1, -0.05) is 6.07 Å². The summed E-state index contributed by atoms with van der Waals surface area (Å²) in [5, 5.41) is 4.54. The van der Waals surface area contributed by atoms with E-state index in [1.807, 2.05) is 51.4 Å². The van der Waals surface area contributed by atoms with Gasteiger partial charge in [-0.15, -0.1) is 0 Å². The highest BCUT2D eigenvalue weighted by Gasteiger charge is 2.31. The van der Waals surface area contributed by atoms with E-state index in [1.54, 1.807) is 12.2 Å². The maximum absolute atomic E-state index is 12.7. The van der Waals surface area contributed by atoms with E-state index in [9.17, 15) is 13.2 Å². The number of carbonyl (C=O) groups excluding carboxylic acids is 1. The van der Waals surface area contributed by atoms with Gasteiger partial charge in [-0.05, 0) is 75.9 Å². The minimum atomic E-state index is -2.97. The Bertz CT molecular complexity index is 1050. The Labute approximate surface area is 161 Å². The largest absolute Gasteiger partial charge is 0.289 e. The molecule has 1 fully saturated rings. The van der Waals surface area contributed by atoms with Crippen LogP contribution < -0.4 is 0 Å². The van der Waals surface area contributed by atoms with Gasteiger partial charge in [0.1, 0.15) is 0 Å². The van der Waals surface area contributed by atoms with Crippen molar-refractivity contribution in [2.45, 2.75) is 47.1 Å². The van der Waals surface area contributed by atoms with Crippen LogP contribution in [0.5, 0.6) is 0 Å². The average molecular weight is 387 g/mol. The molecule has 0 spiro atoms. The fourth-order valence-electron chi connectivity index (χ4n) is 3.72. The maximum Gasteiger partial charge on any atom is 0.186 e. The van der Waals surface area contributed by atoms with Crippen LogP contribution in [0.15, 0.2) is 18.2 Å². The summed E-state index contributed by atoms with van der Waals surface area (Å²) >= 11 is 0. The third-order valence-corrected chi connectivity index (χ3v) is 7.19. The standard InChI is InChI=1S/C21H26N2O3S/c1-13-10-15(3)20(11-14(13)2)21(24)7-6-19-16(4)22-23(17(19)5)18-8-9-27(25,26)12-18/h6-7,10-11,18H,8-9,12H2,1-5H3/b7-6+/t18-/m0/s1. The molecule has 5 nitrogen and oxygen atoms in total. The summed E-state index contributed by atoms with van der Waals surface area (Å²) in [4.78, 5) is 12.7. The highest BCUT2D eigenvalue weighted by Crippen LogP contribution is 2.27. The molecule has 0 amide bonds. The number of rotatable bonds is 4. The SMILES string of the molecule is Cc1cc(C)c(C(=O)/C=C/c2c(C)nn([C@H]3CCS(=O)(=O)C3)c2C)cc1C. The summed E-state index contributed by atoms with van der Waals surface area (Å²) in [5.74, 6) is 0.315. The van der Waals surface area contributed by atoms with Crippen molar-refractivity contribution in [3.63, 3.8) is 0 Å². The monoisotopic (exact) mass is 386 g/mol. The lowest BCUT2D eigenvalue weighted by atomic mass is 9.97. The number of ketones is 1. The van der Waals surface area contributed by atoms with E-state index >= 15 is 0 Å². The number of hydrogen-bond acceptors (Lipinski definition) is 4. The molecule has 27 heavy (non-hydrogen) atoms. The van der Waals surface area contributed by atoms with E-state index in [0.717, 1.165) is 28.1 Å². The molecule has 1 saturated heterocycles. The molecule has 2 heterocycles. The molecule has 0 radical (unpaired) electrons. The first-order valence-electron chi connectivity index (χ1n) is 9.15. The van der Waals surface area contributed by atoms with Crippen molar-refractivity contribution in [1.82, 2.24) is 9.78 Å². The van der Waals surface area contributed by atoms with Crippen molar-refractivity contribution in [1.29, 1.82) is 0 Å². The highest BCUT2D eigenvalue weighted by molar-refractivity contribution is 7.91. The van der Waals surface area contributed by atoms with E-state index in [-0.39, 0.29) is 23.3 Å². The number of aromatic nitrogens is 2. The molecule has 0 bridgehead atoms. The molecule has 3 rings (SSSR count). The van der Waals surface area contributed by atoms with E-state index in [2.05, 4.69) is 5.10 Å². The number of carbonyl (C=O) groups is 1. The Balaban J connectivity index is 1.88. The number of hydrogen-bond donors (Lipinski definition) is 0. The molecule has 144 valence electrons. The Hall–Kier alpha value is -2.21. The topological polar surface area (TPSA) is 69.0 Å². The first-order valence-corrected chi connectivity index (χ1v) is 11.0. The second kappa shape index (κ2) is 7.08. The lowest BCUT2D eigenvalue weighted by molar-refractivity contribution is 0.104. The minimum Gasteiger partial charge on any atom is -0.289 e. The summed E-state index contributed by atoms with van der Waals surface area (Å²) in [5.41, 5.74) is 6.53. The van der Waals surface area contributed by atoms with E-state index in [1.165, 1.54) is 5.56 Å². The molecular formula is C21H26N2O3S. The number of benzene rings is 1. The van der Waals surface area contributed by atoms with Crippen LogP contribution in [0.2, 0.25) is 0 Å². The van der Waals surface area contributed by atoms with E-state index in [4.69, 9.17) is 0 Å². The zero-order chi connectivity index (χ0) is 19.9. The zero-order valence-corrected chi connectivity index (χ0v) is 17.4. The molecule has 1 aromatic heterocycles. The van der Waals surface area contributed by atoms with Crippen LogP contribution >= 0.6 is 0 Å². The van der Waals surface area contributed by atoms with Gasteiger partial charge in [-0.2, -0.15) is 5.10 Å². The second-order valence-corrected chi connectivity index (χ2v) is 9.76. The van der Waals surface area contributed by atoms with Crippen LogP contribution in [0.4, 0.5) is 0 Å². The van der Waals surface area contributed by atoms with Crippen molar-refractivity contribution >= 4 is 21.7 Å². The molecule has 1 atom stereocenters. The van der Waals surface area contributed by atoms with Crippen molar-refractivity contribution in [2.24, 2.45) is 0 Å². The van der Waals surface area contributed by atoms with Gasteiger partial charge >= 0.3 is 0 Å². The van der Waals surface area contributed by atoms with Crippen molar-refractivity contribution in [3.05, 3.63) is 57.4 Å². The zero-order valence-electron chi connectivity index (χ0n) is 16.5. The first kappa shape index (κ1) is 19.5. The quantitative estimate of drug-likeness (QED) is 0.594. The Morgan fingerprint density at radius 1 is 1.11 bits per heavy atom. The third kappa shape index (κ3) is 3.90. The van der Waals surface area contributed by atoms with E-state index < -0.39 is 9.84 Å². The molecule has 1 aromatic carbocycles. The lowest BCUT2D eigenvalue weighted by Crippen LogP contribution is -2.13. The second-order valence-electron chi connectivity index (χ2n) is 7.53. The predicted molar refractivity (Wildman–Crippen MR) is 108 cm³/mol. The van der Waals surface area contributed by atoms with Crippen LogP contribution in [-0.2, 0) is 9.84 Å². The Kier molecular flexibility index (Phi) is 5.12. The molecule has 0 saturated carbocycles. The van der Waals surface area contributed by atoms with Gasteiger partial charge in [-0.3, -0.25) is 9.48 Å². The number of aryl methyl sites for hydroxylation is 4. The number of sulfone groups is 1. The maximum atomic E-state index is 12.7. The summed E-state index contributed by atoms with van der Waals surface area (Å²) < 4.78 is 25.4. The van der Waals surface area contributed by atoms with Crippen LogP contribution in [0.3, 0.4) is 0 Å². The molecule has 0 unspecified atom stereocenters. The normalized spacial score (nSPS) is 19.1. The smallest absolute Gasteiger partial charge is 0.186 e. The minimum absolute atomic E-state index is 0.0365. The highest BCUT2D eigenvalue weighted by atomic mass is 32.2. The van der Waals surface area contributed by atoms with Gasteiger partial charge in [0.2, 0.25) is 0 Å². The van der Waals surface area contributed by atoms with E-state index in [0.29, 0.717) is 12.0 Å². The van der Waals surface area contributed by atoms with Gasteiger partial charge in [0.05, 0.1) is 23.2 Å². The summed E-state index contributed by atoms with van der Waals surface area (Å²) in [6, 6.07) is 3.85. The van der Waals surface area contributed by atoms with Crippen molar-refractivity contribution in [3.8, 4) is 0 Å². The van der Waals surface area contributed by atoms with Gasteiger partial charge in [0, 0.05) is 16.8 Å². The fraction of sp³-hybridized carbons (Fsp3) is 0.429. The molecule has 1 aliphatic rings. The lowest BCUT2D eigenvalue weighted by Gasteiger charge is -2.11. The van der Waals surface area contributed by atoms with Crippen LogP contribution in [0.1, 0.15) is 56.5 Å². The molecule has 1 aliphatic heterocycles. The fourth-order valence-corrected chi connectivity index (χ4v) is 5.41. The molecular weight excluding hydrogens is 360 g/mol. The summed E-state index contributed by atoms with van der Waals surface area (Å²) in [6.45, 7) is 9.80. The molecule has 2 aromatic rings. The van der Waals surface area contributed by atoms with Crippen LogP contribution in [0.25, 0.3) is 6.08 Å². The average Bonchev–Trinajstić information content (AvgIpc) is 3.08. The van der Waals surface area contributed by atoms with Crippen LogP contribution in [-0.4, -0.2) is 35.5 Å². The van der Waals surface area contributed by atoms with Gasteiger partial charge in [0.25, 0.3) is 0 Å². The third-order valence-electron chi connectivity index (χ3n) is 5.44. The number of nitrogens with zero attached hydrogens (tertiary/aromatic N) is 2. The first-order chi connectivity index (χ1) is 12.6. The van der Waals surface area contributed by atoms with Crippen molar-refractivity contribution in [2.75, 3.05) is 11.5 Å². The Morgan fingerprint density at radius 2 is 1.78 bits per heavy atom.